The van der Waals surface area contributed by atoms with Crippen LogP contribution in [0.15, 0.2) is 0 Å². The maximum atomic E-state index is 11.2. The molecular formula is C7H17NO4S. The average molecular weight is 211 g/mol. The number of ether oxygens (including phenoxy) is 1. The van der Waals surface area contributed by atoms with Crippen LogP contribution in [0.25, 0.3) is 0 Å². The number of sulfonamides is 1. The van der Waals surface area contributed by atoms with Gasteiger partial charge in [0.25, 0.3) is 0 Å². The lowest BCUT2D eigenvalue weighted by atomic mass is 10.4. The molecular weight excluding hydrogens is 194 g/mol. The van der Waals surface area contributed by atoms with Crippen LogP contribution >= 0.6 is 0 Å². The first-order valence-corrected chi connectivity index (χ1v) is 5.80. The van der Waals surface area contributed by atoms with Crippen molar-refractivity contribution in [2.45, 2.75) is 19.4 Å². The molecule has 0 aliphatic rings. The molecule has 5 nitrogen and oxygen atoms in total. The fourth-order valence-electron chi connectivity index (χ4n) is 0.907. The molecule has 0 aliphatic heterocycles. The third kappa shape index (κ3) is 5.98. The third-order valence-corrected chi connectivity index (χ3v) is 3.05. The summed E-state index contributed by atoms with van der Waals surface area (Å²) in [6.45, 7) is 1.71. The Bertz CT molecular complexity index is 215. The van der Waals surface area contributed by atoms with Crippen LogP contribution in [0.4, 0.5) is 0 Å². The normalized spacial score (nSPS) is 14.4. The van der Waals surface area contributed by atoms with Gasteiger partial charge in [-0.1, -0.05) is 6.92 Å². The summed E-state index contributed by atoms with van der Waals surface area (Å²) in [5.41, 5.74) is 0. The second-order valence-electron chi connectivity index (χ2n) is 2.77. The van der Waals surface area contributed by atoms with Gasteiger partial charge >= 0.3 is 0 Å². The van der Waals surface area contributed by atoms with Crippen molar-refractivity contribution in [2.24, 2.45) is 0 Å². The SMILES string of the molecule is CCCS(=O)(=O)NC(CO)COC. The Kier molecular flexibility index (Phi) is 6.23. The van der Waals surface area contributed by atoms with E-state index < -0.39 is 16.1 Å². The number of hydrogen-bond acceptors (Lipinski definition) is 4. The van der Waals surface area contributed by atoms with Crippen molar-refractivity contribution < 1.29 is 18.3 Å². The summed E-state index contributed by atoms with van der Waals surface area (Å²) in [4.78, 5) is 0. The van der Waals surface area contributed by atoms with Crippen LogP contribution in [-0.2, 0) is 14.8 Å². The quantitative estimate of drug-likeness (QED) is 0.585. The van der Waals surface area contributed by atoms with E-state index in [4.69, 9.17) is 9.84 Å². The largest absolute Gasteiger partial charge is 0.395 e. The number of methoxy groups -OCH3 is 1. The molecule has 2 N–H and O–H groups in total. The minimum absolute atomic E-state index is 0.0766. The van der Waals surface area contributed by atoms with E-state index in [-0.39, 0.29) is 19.0 Å². The smallest absolute Gasteiger partial charge is 0.211 e. The molecule has 0 aliphatic carbocycles. The molecule has 0 aromatic rings. The fourth-order valence-corrected chi connectivity index (χ4v) is 2.21. The Morgan fingerprint density at radius 3 is 2.54 bits per heavy atom. The summed E-state index contributed by atoms with van der Waals surface area (Å²) in [6, 6.07) is -0.540. The average Bonchev–Trinajstić information content (AvgIpc) is 2.03. The molecule has 1 atom stereocenters. The maximum absolute atomic E-state index is 11.2. The molecule has 0 amide bonds. The van der Waals surface area contributed by atoms with E-state index >= 15 is 0 Å². The highest BCUT2D eigenvalue weighted by atomic mass is 32.2. The molecule has 0 aromatic heterocycles. The standard InChI is InChI=1S/C7H17NO4S/c1-3-4-13(10,11)8-7(5-9)6-12-2/h7-9H,3-6H2,1-2H3. The summed E-state index contributed by atoms with van der Waals surface area (Å²) < 4.78 is 29.5. The van der Waals surface area contributed by atoms with Crippen molar-refractivity contribution >= 4 is 10.0 Å². The predicted octanol–water partition coefficient (Wildman–Crippen LogP) is -0.677. The van der Waals surface area contributed by atoms with Gasteiger partial charge in [-0.25, -0.2) is 13.1 Å². The van der Waals surface area contributed by atoms with E-state index in [1.54, 1.807) is 6.92 Å². The Balaban J connectivity index is 4.06. The highest BCUT2D eigenvalue weighted by Gasteiger charge is 2.15. The number of aliphatic hydroxyl groups is 1. The third-order valence-electron chi connectivity index (χ3n) is 1.41. The van der Waals surface area contributed by atoms with Gasteiger partial charge in [0.2, 0.25) is 10.0 Å². The number of hydrogen-bond donors (Lipinski definition) is 2. The van der Waals surface area contributed by atoms with Crippen molar-refractivity contribution in [3.8, 4) is 0 Å². The molecule has 0 heterocycles. The molecule has 0 aromatic carbocycles. The van der Waals surface area contributed by atoms with Gasteiger partial charge < -0.3 is 9.84 Å². The van der Waals surface area contributed by atoms with Gasteiger partial charge in [-0.15, -0.1) is 0 Å². The van der Waals surface area contributed by atoms with E-state index in [1.165, 1.54) is 7.11 Å². The molecule has 0 rings (SSSR count). The monoisotopic (exact) mass is 211 g/mol. The van der Waals surface area contributed by atoms with Crippen LogP contribution in [0.5, 0.6) is 0 Å². The molecule has 80 valence electrons. The Labute approximate surface area is 79.1 Å². The molecule has 0 saturated heterocycles. The zero-order chi connectivity index (χ0) is 10.3. The molecule has 0 radical (unpaired) electrons. The van der Waals surface area contributed by atoms with Crippen LogP contribution in [0.2, 0.25) is 0 Å². The summed E-state index contributed by atoms with van der Waals surface area (Å²) in [5, 5.41) is 8.78. The molecule has 0 saturated carbocycles. The van der Waals surface area contributed by atoms with Gasteiger partial charge in [0.15, 0.2) is 0 Å². The van der Waals surface area contributed by atoms with Gasteiger partial charge in [-0.2, -0.15) is 0 Å². The van der Waals surface area contributed by atoms with Crippen molar-refractivity contribution in [1.29, 1.82) is 0 Å². The summed E-state index contributed by atoms with van der Waals surface area (Å²) in [5.74, 6) is 0.0766. The lowest BCUT2D eigenvalue weighted by Crippen LogP contribution is -2.41. The summed E-state index contributed by atoms with van der Waals surface area (Å²) >= 11 is 0. The van der Waals surface area contributed by atoms with Gasteiger partial charge in [-0.05, 0) is 6.42 Å². The molecule has 6 heteroatoms. The molecule has 0 fully saturated rings. The van der Waals surface area contributed by atoms with E-state index in [2.05, 4.69) is 4.72 Å². The van der Waals surface area contributed by atoms with Crippen molar-refractivity contribution in [3.05, 3.63) is 0 Å². The molecule has 1 unspecified atom stereocenters. The lowest BCUT2D eigenvalue weighted by Gasteiger charge is -2.14. The zero-order valence-corrected chi connectivity index (χ0v) is 8.80. The summed E-state index contributed by atoms with van der Waals surface area (Å²) in [7, 11) is -1.80. The van der Waals surface area contributed by atoms with Crippen LogP contribution in [0, 0.1) is 0 Å². The van der Waals surface area contributed by atoms with Gasteiger partial charge in [0, 0.05) is 7.11 Å². The number of aliphatic hydroxyl groups excluding tert-OH is 1. The van der Waals surface area contributed by atoms with Crippen molar-refractivity contribution in [2.75, 3.05) is 26.1 Å². The maximum Gasteiger partial charge on any atom is 0.211 e. The second-order valence-corrected chi connectivity index (χ2v) is 4.65. The molecule has 0 spiro atoms. The fraction of sp³-hybridized carbons (Fsp3) is 1.00. The van der Waals surface area contributed by atoms with E-state index in [9.17, 15) is 8.42 Å². The van der Waals surface area contributed by atoms with Gasteiger partial charge in [-0.3, -0.25) is 0 Å². The topological polar surface area (TPSA) is 75.6 Å². The molecule has 0 bridgehead atoms. The lowest BCUT2D eigenvalue weighted by molar-refractivity contribution is 0.139. The van der Waals surface area contributed by atoms with Crippen LogP contribution in [-0.4, -0.2) is 45.6 Å². The molecule has 13 heavy (non-hydrogen) atoms. The van der Waals surface area contributed by atoms with Crippen molar-refractivity contribution in [3.63, 3.8) is 0 Å². The summed E-state index contributed by atoms with van der Waals surface area (Å²) in [6.07, 6.45) is 0.556. The number of nitrogens with one attached hydrogen (secondary N) is 1. The van der Waals surface area contributed by atoms with Crippen molar-refractivity contribution in [1.82, 2.24) is 4.72 Å². The Hall–Kier alpha value is -0.170. The minimum atomic E-state index is -3.26. The van der Waals surface area contributed by atoms with Gasteiger partial charge in [0.05, 0.1) is 25.0 Å². The van der Waals surface area contributed by atoms with E-state index in [1.807, 2.05) is 0 Å². The van der Waals surface area contributed by atoms with E-state index in [0.29, 0.717) is 6.42 Å². The van der Waals surface area contributed by atoms with Crippen LogP contribution in [0.3, 0.4) is 0 Å². The zero-order valence-electron chi connectivity index (χ0n) is 7.99. The van der Waals surface area contributed by atoms with Crippen LogP contribution in [0.1, 0.15) is 13.3 Å². The van der Waals surface area contributed by atoms with Gasteiger partial charge in [0.1, 0.15) is 0 Å². The van der Waals surface area contributed by atoms with E-state index in [0.717, 1.165) is 0 Å². The number of rotatable bonds is 7. The first-order chi connectivity index (χ1) is 6.05. The first kappa shape index (κ1) is 12.8. The first-order valence-electron chi connectivity index (χ1n) is 4.15. The second kappa shape index (κ2) is 6.31. The predicted molar refractivity (Wildman–Crippen MR) is 50.0 cm³/mol. The Morgan fingerprint density at radius 1 is 1.54 bits per heavy atom. The Morgan fingerprint density at radius 2 is 2.15 bits per heavy atom. The highest BCUT2D eigenvalue weighted by Crippen LogP contribution is 1.92. The highest BCUT2D eigenvalue weighted by molar-refractivity contribution is 7.89. The van der Waals surface area contributed by atoms with Crippen LogP contribution < -0.4 is 4.72 Å². The minimum Gasteiger partial charge on any atom is -0.395 e.